The molecule has 0 aliphatic heterocycles. The van der Waals surface area contributed by atoms with Gasteiger partial charge in [-0.3, -0.25) is 3.11 Å². The molecule has 0 spiro atoms. The molecule has 4 heteroatoms. The Hall–Kier alpha value is -2.08. The van der Waals surface area contributed by atoms with Gasteiger partial charge < -0.3 is 4.42 Å². The van der Waals surface area contributed by atoms with Crippen LogP contribution in [0, 0.1) is 5.82 Å². The van der Waals surface area contributed by atoms with E-state index in [0.29, 0.717) is 11.2 Å². The number of benzene rings is 3. The van der Waals surface area contributed by atoms with Gasteiger partial charge >= 0.3 is 0 Å². The highest BCUT2D eigenvalue weighted by molar-refractivity contribution is 14.1. The molecule has 0 unspecified atom stereocenters. The van der Waals surface area contributed by atoms with E-state index in [1.54, 1.807) is 6.07 Å². The first-order valence-electron chi connectivity index (χ1n) is 7.83. The van der Waals surface area contributed by atoms with E-state index in [0.717, 1.165) is 28.6 Å². The summed E-state index contributed by atoms with van der Waals surface area (Å²) in [4.78, 5) is 0. The molecule has 0 aliphatic carbocycles. The Morgan fingerprint density at radius 3 is 2.29 bits per heavy atom. The highest BCUT2D eigenvalue weighted by Gasteiger charge is 2.17. The Kier molecular flexibility index (Phi) is 3.92. The molecular weight excluding hydrogens is 416 g/mol. The van der Waals surface area contributed by atoms with Gasteiger partial charge in [0.2, 0.25) is 0 Å². The van der Waals surface area contributed by atoms with E-state index in [2.05, 4.69) is 54.1 Å². The van der Waals surface area contributed by atoms with Gasteiger partial charge in [-0.1, -0.05) is 43.3 Å². The summed E-state index contributed by atoms with van der Waals surface area (Å²) in [6, 6.07) is 19.4. The average Bonchev–Trinajstić information content (AvgIpc) is 3.01. The van der Waals surface area contributed by atoms with Gasteiger partial charge in [0.25, 0.3) is 0 Å². The molecule has 0 N–H and O–H groups in total. The van der Waals surface area contributed by atoms with Crippen molar-refractivity contribution in [1.82, 2.24) is 0 Å². The second-order valence-corrected chi connectivity index (χ2v) is 6.64. The van der Waals surface area contributed by atoms with E-state index in [-0.39, 0.29) is 5.82 Å². The highest BCUT2D eigenvalue weighted by Crippen LogP contribution is 2.40. The van der Waals surface area contributed by atoms with E-state index in [1.165, 1.54) is 11.6 Å². The standard InChI is InChI=1S/C20H15FINO/c1-2-13-9-11-14(12-10-13)23(22)18-8-4-6-16-15-5-3-7-17(21)19(15)24-20(16)18/h3-12H,2H2,1H3. The minimum Gasteiger partial charge on any atom is -0.451 e. The Morgan fingerprint density at radius 2 is 1.58 bits per heavy atom. The van der Waals surface area contributed by atoms with E-state index in [1.807, 2.05) is 27.4 Å². The zero-order valence-electron chi connectivity index (χ0n) is 13.1. The molecule has 0 radical (unpaired) electrons. The van der Waals surface area contributed by atoms with Crippen LogP contribution < -0.4 is 3.11 Å². The predicted octanol–water partition coefficient (Wildman–Crippen LogP) is 6.78. The van der Waals surface area contributed by atoms with Crippen molar-refractivity contribution in [2.24, 2.45) is 0 Å². The lowest BCUT2D eigenvalue weighted by molar-refractivity contribution is 0.584. The smallest absolute Gasteiger partial charge is 0.171 e. The molecule has 4 rings (SSSR count). The second kappa shape index (κ2) is 6.09. The van der Waals surface area contributed by atoms with Crippen molar-refractivity contribution in [1.29, 1.82) is 0 Å². The van der Waals surface area contributed by atoms with Gasteiger partial charge in [-0.2, -0.15) is 0 Å². The van der Waals surface area contributed by atoms with Gasteiger partial charge in [0.05, 0.1) is 34.2 Å². The topological polar surface area (TPSA) is 16.4 Å². The summed E-state index contributed by atoms with van der Waals surface area (Å²) in [5.74, 6) is -0.332. The fourth-order valence-corrected chi connectivity index (χ4v) is 3.63. The number of para-hydroxylation sites is 2. The lowest BCUT2D eigenvalue weighted by Gasteiger charge is -2.17. The summed E-state index contributed by atoms with van der Waals surface area (Å²) in [6.07, 6.45) is 1.01. The quantitative estimate of drug-likeness (QED) is 0.263. The summed E-state index contributed by atoms with van der Waals surface area (Å²) < 4.78 is 22.0. The predicted molar refractivity (Wildman–Crippen MR) is 106 cm³/mol. The Bertz CT molecular complexity index is 1020. The van der Waals surface area contributed by atoms with Crippen LogP contribution in [0.3, 0.4) is 0 Å². The fourth-order valence-electron chi connectivity index (χ4n) is 2.93. The number of anilines is 2. The van der Waals surface area contributed by atoms with Crippen LogP contribution in [0.2, 0.25) is 0 Å². The van der Waals surface area contributed by atoms with Crippen molar-refractivity contribution in [3.05, 3.63) is 72.0 Å². The minimum absolute atomic E-state index is 0.311. The first-order valence-corrected chi connectivity index (χ1v) is 8.80. The summed E-state index contributed by atoms with van der Waals surface area (Å²) in [6.45, 7) is 2.14. The van der Waals surface area contributed by atoms with Crippen molar-refractivity contribution < 1.29 is 8.81 Å². The lowest BCUT2D eigenvalue weighted by Crippen LogP contribution is -2.01. The van der Waals surface area contributed by atoms with Crippen LogP contribution >= 0.6 is 22.9 Å². The molecule has 0 saturated carbocycles. The molecule has 0 amide bonds. The molecule has 24 heavy (non-hydrogen) atoms. The van der Waals surface area contributed by atoms with Crippen LogP contribution in [0.25, 0.3) is 21.9 Å². The molecule has 2 nitrogen and oxygen atoms in total. The zero-order valence-corrected chi connectivity index (χ0v) is 15.2. The number of nitrogens with zero attached hydrogens (tertiary/aromatic N) is 1. The summed E-state index contributed by atoms with van der Waals surface area (Å²) in [7, 11) is 0. The molecule has 1 aromatic heterocycles. The molecule has 3 aromatic carbocycles. The summed E-state index contributed by atoms with van der Waals surface area (Å²) >= 11 is 2.26. The van der Waals surface area contributed by atoms with Crippen molar-refractivity contribution >= 4 is 56.2 Å². The number of rotatable bonds is 3. The average molecular weight is 431 g/mol. The third-order valence-corrected chi connectivity index (χ3v) is 5.32. The number of hydrogen-bond donors (Lipinski definition) is 0. The number of furan rings is 1. The normalized spacial score (nSPS) is 11.3. The van der Waals surface area contributed by atoms with Gasteiger partial charge in [0.15, 0.2) is 17.0 Å². The number of hydrogen-bond acceptors (Lipinski definition) is 2. The van der Waals surface area contributed by atoms with Crippen molar-refractivity contribution in [2.75, 3.05) is 3.11 Å². The molecule has 0 bridgehead atoms. The molecule has 1 heterocycles. The third kappa shape index (κ3) is 2.45. The zero-order chi connectivity index (χ0) is 16.7. The van der Waals surface area contributed by atoms with Crippen LogP contribution in [0.4, 0.5) is 15.8 Å². The Labute approximate surface area is 153 Å². The first-order chi connectivity index (χ1) is 11.7. The molecule has 4 aromatic rings. The molecule has 0 saturated heterocycles. The fraction of sp³-hybridized carbons (Fsp3) is 0.100. The SMILES string of the molecule is CCc1ccc(N(I)c2cccc3c2oc2c(F)cccc23)cc1. The van der Waals surface area contributed by atoms with Gasteiger partial charge in [0, 0.05) is 10.8 Å². The number of fused-ring (bicyclic) bond motifs is 3. The molecule has 120 valence electrons. The monoisotopic (exact) mass is 431 g/mol. The van der Waals surface area contributed by atoms with Crippen LogP contribution in [0.1, 0.15) is 12.5 Å². The molecule has 0 aliphatic rings. The summed E-state index contributed by atoms with van der Waals surface area (Å²) in [5, 5.41) is 1.73. The number of aryl methyl sites for hydroxylation is 1. The van der Waals surface area contributed by atoms with E-state index >= 15 is 0 Å². The first kappa shape index (κ1) is 15.4. The van der Waals surface area contributed by atoms with Gasteiger partial charge in [-0.25, -0.2) is 4.39 Å². The van der Waals surface area contributed by atoms with Gasteiger partial charge in [-0.15, -0.1) is 0 Å². The van der Waals surface area contributed by atoms with E-state index in [9.17, 15) is 4.39 Å². The van der Waals surface area contributed by atoms with Crippen LogP contribution in [0.5, 0.6) is 0 Å². The van der Waals surface area contributed by atoms with Crippen LogP contribution in [-0.4, -0.2) is 0 Å². The third-order valence-electron chi connectivity index (χ3n) is 4.24. The van der Waals surface area contributed by atoms with E-state index in [4.69, 9.17) is 4.42 Å². The largest absolute Gasteiger partial charge is 0.451 e. The van der Waals surface area contributed by atoms with Crippen molar-refractivity contribution in [2.45, 2.75) is 13.3 Å². The molecular formula is C20H15FINO. The van der Waals surface area contributed by atoms with Gasteiger partial charge in [-0.05, 0) is 36.2 Å². The highest BCUT2D eigenvalue weighted by atomic mass is 127. The number of halogens is 2. The van der Waals surface area contributed by atoms with E-state index < -0.39 is 0 Å². The van der Waals surface area contributed by atoms with Crippen molar-refractivity contribution in [3.63, 3.8) is 0 Å². The molecule has 0 fully saturated rings. The minimum atomic E-state index is -0.332. The van der Waals surface area contributed by atoms with Crippen molar-refractivity contribution in [3.8, 4) is 0 Å². The maximum Gasteiger partial charge on any atom is 0.171 e. The Morgan fingerprint density at radius 1 is 0.917 bits per heavy atom. The molecule has 0 atom stereocenters. The maximum absolute atomic E-state index is 14.1. The Balaban J connectivity index is 1.89. The van der Waals surface area contributed by atoms with Crippen LogP contribution in [0.15, 0.2) is 65.1 Å². The lowest BCUT2D eigenvalue weighted by atomic mass is 10.1. The second-order valence-electron chi connectivity index (χ2n) is 5.67. The van der Waals surface area contributed by atoms with Gasteiger partial charge in [0.1, 0.15) is 0 Å². The van der Waals surface area contributed by atoms with Crippen LogP contribution in [-0.2, 0) is 6.42 Å². The maximum atomic E-state index is 14.1. The summed E-state index contributed by atoms with van der Waals surface area (Å²) in [5.41, 5.74) is 4.28.